The fourth-order valence-electron chi connectivity index (χ4n) is 3.35. The van der Waals surface area contributed by atoms with E-state index in [2.05, 4.69) is 0 Å². The molecule has 0 radical (unpaired) electrons. The number of hydrogen-bond donors (Lipinski definition) is 0. The third kappa shape index (κ3) is 3.30. The maximum atomic E-state index is 12.6. The summed E-state index contributed by atoms with van der Waals surface area (Å²) in [7, 11) is 0. The Bertz CT molecular complexity index is 956. The molecule has 0 saturated heterocycles. The topological polar surface area (TPSA) is 63.7 Å². The van der Waals surface area contributed by atoms with Crippen LogP contribution in [0.5, 0.6) is 0 Å². The van der Waals surface area contributed by atoms with Crippen molar-refractivity contribution in [3.05, 3.63) is 107 Å². The molecule has 0 unspecified atom stereocenters. The Hall–Kier alpha value is -3.73. The number of fused-ring (bicyclic) bond motifs is 1. The molecule has 3 aromatic carbocycles. The largest absolute Gasteiger partial charge is 0.334 e. The van der Waals surface area contributed by atoms with Crippen molar-refractivity contribution in [2.24, 2.45) is 0 Å². The lowest BCUT2D eigenvalue weighted by atomic mass is 9.89. The predicted molar refractivity (Wildman–Crippen MR) is 102 cm³/mol. The predicted octanol–water partition coefficient (Wildman–Crippen LogP) is 3.96. The second kappa shape index (κ2) is 7.48. The number of benzene rings is 3. The van der Waals surface area contributed by atoms with Gasteiger partial charge >= 0.3 is 5.97 Å². The van der Waals surface area contributed by atoms with Gasteiger partial charge in [-0.05, 0) is 23.3 Å². The zero-order valence-corrected chi connectivity index (χ0v) is 14.9. The van der Waals surface area contributed by atoms with Gasteiger partial charge in [-0.25, -0.2) is 4.79 Å². The van der Waals surface area contributed by atoms with E-state index < -0.39 is 17.8 Å². The molecule has 5 nitrogen and oxygen atoms in total. The third-order valence-corrected chi connectivity index (χ3v) is 4.72. The summed E-state index contributed by atoms with van der Waals surface area (Å²) in [6.45, 7) is 0. The number of carbonyl (C=O) groups is 3. The van der Waals surface area contributed by atoms with Gasteiger partial charge in [0.1, 0.15) is 0 Å². The summed E-state index contributed by atoms with van der Waals surface area (Å²) in [4.78, 5) is 42.6. The summed E-state index contributed by atoms with van der Waals surface area (Å²) in [5, 5.41) is 0.556. The summed E-state index contributed by atoms with van der Waals surface area (Å²) in [6, 6.07) is 25.6. The van der Waals surface area contributed by atoms with Crippen molar-refractivity contribution in [2.45, 2.75) is 12.3 Å². The standard InChI is InChI=1S/C23H17NO4/c25-21(28-24-22(26)18-13-7-8-14-19(18)23(24)27)15-20(16-9-3-1-4-10-16)17-11-5-2-6-12-17/h1-14,20H,15H2. The van der Waals surface area contributed by atoms with E-state index in [1.165, 1.54) is 0 Å². The Kier molecular flexibility index (Phi) is 4.72. The molecule has 4 rings (SSSR count). The molecule has 1 aliphatic rings. The number of hydrogen-bond acceptors (Lipinski definition) is 4. The molecule has 0 aromatic heterocycles. The molecule has 0 fully saturated rings. The van der Waals surface area contributed by atoms with E-state index >= 15 is 0 Å². The molecular formula is C23H17NO4. The van der Waals surface area contributed by atoms with Crippen LogP contribution in [0.2, 0.25) is 0 Å². The number of rotatable bonds is 5. The van der Waals surface area contributed by atoms with E-state index in [9.17, 15) is 14.4 Å². The van der Waals surface area contributed by atoms with Gasteiger partial charge in [-0.3, -0.25) is 9.59 Å². The number of amides is 2. The number of hydroxylamine groups is 2. The average Bonchev–Trinajstić information content (AvgIpc) is 2.98. The molecular weight excluding hydrogens is 354 g/mol. The zero-order chi connectivity index (χ0) is 19.5. The first-order valence-corrected chi connectivity index (χ1v) is 8.93. The van der Waals surface area contributed by atoms with Gasteiger partial charge in [0.15, 0.2) is 0 Å². The Morgan fingerprint density at radius 2 is 1.14 bits per heavy atom. The number of carbonyl (C=O) groups excluding carboxylic acids is 3. The van der Waals surface area contributed by atoms with Gasteiger partial charge in [0.25, 0.3) is 11.8 Å². The monoisotopic (exact) mass is 371 g/mol. The van der Waals surface area contributed by atoms with E-state index in [0.717, 1.165) is 11.1 Å². The van der Waals surface area contributed by atoms with Crippen LogP contribution < -0.4 is 0 Å². The lowest BCUT2D eigenvalue weighted by Crippen LogP contribution is -2.33. The van der Waals surface area contributed by atoms with Crippen molar-refractivity contribution in [2.75, 3.05) is 0 Å². The summed E-state index contributed by atoms with van der Waals surface area (Å²) in [5.41, 5.74) is 2.38. The van der Waals surface area contributed by atoms with Crippen LogP contribution in [-0.2, 0) is 9.63 Å². The van der Waals surface area contributed by atoms with Gasteiger partial charge in [0, 0.05) is 5.92 Å². The third-order valence-electron chi connectivity index (χ3n) is 4.72. The normalized spacial score (nSPS) is 13.0. The Labute approximate surface area is 162 Å². The van der Waals surface area contributed by atoms with Crippen LogP contribution in [0, 0.1) is 0 Å². The van der Waals surface area contributed by atoms with Crippen molar-refractivity contribution in [1.29, 1.82) is 0 Å². The van der Waals surface area contributed by atoms with Crippen LogP contribution in [0.4, 0.5) is 0 Å². The van der Waals surface area contributed by atoms with Crippen molar-refractivity contribution in [3.63, 3.8) is 0 Å². The lowest BCUT2D eigenvalue weighted by Gasteiger charge is -2.19. The zero-order valence-electron chi connectivity index (χ0n) is 14.9. The maximum absolute atomic E-state index is 12.6. The molecule has 0 aliphatic carbocycles. The molecule has 0 N–H and O–H groups in total. The lowest BCUT2D eigenvalue weighted by molar-refractivity contribution is -0.168. The molecule has 1 aliphatic heterocycles. The molecule has 0 atom stereocenters. The molecule has 0 bridgehead atoms. The van der Waals surface area contributed by atoms with Gasteiger partial charge in [-0.2, -0.15) is 0 Å². The van der Waals surface area contributed by atoms with E-state index in [-0.39, 0.29) is 23.5 Å². The van der Waals surface area contributed by atoms with Crippen LogP contribution in [0.15, 0.2) is 84.9 Å². The summed E-state index contributed by atoms with van der Waals surface area (Å²) in [6.07, 6.45) is 0.00142. The fourth-order valence-corrected chi connectivity index (χ4v) is 3.35. The highest BCUT2D eigenvalue weighted by atomic mass is 16.7. The van der Waals surface area contributed by atoms with Gasteiger partial charge in [-0.1, -0.05) is 77.9 Å². The smallest absolute Gasteiger partial charge is 0.330 e. The van der Waals surface area contributed by atoms with E-state index in [0.29, 0.717) is 5.06 Å². The van der Waals surface area contributed by atoms with Gasteiger partial charge in [0.2, 0.25) is 0 Å². The molecule has 138 valence electrons. The molecule has 0 spiro atoms. The molecule has 5 heteroatoms. The summed E-state index contributed by atoms with van der Waals surface area (Å²) < 4.78 is 0. The van der Waals surface area contributed by atoms with Crippen molar-refractivity contribution in [3.8, 4) is 0 Å². The highest BCUT2D eigenvalue weighted by molar-refractivity contribution is 6.20. The minimum atomic E-state index is -0.646. The van der Waals surface area contributed by atoms with Crippen LogP contribution >= 0.6 is 0 Å². The van der Waals surface area contributed by atoms with Crippen molar-refractivity contribution < 1.29 is 19.2 Å². The van der Waals surface area contributed by atoms with Gasteiger partial charge in [0.05, 0.1) is 17.5 Å². The van der Waals surface area contributed by atoms with Crippen LogP contribution in [0.3, 0.4) is 0 Å². The van der Waals surface area contributed by atoms with E-state index in [1.54, 1.807) is 24.3 Å². The minimum Gasteiger partial charge on any atom is -0.330 e. The van der Waals surface area contributed by atoms with Crippen LogP contribution in [0.25, 0.3) is 0 Å². The molecule has 1 heterocycles. The maximum Gasteiger partial charge on any atom is 0.334 e. The first kappa shape index (κ1) is 17.7. The van der Waals surface area contributed by atoms with Crippen LogP contribution in [-0.4, -0.2) is 22.8 Å². The Balaban J connectivity index is 1.55. The molecule has 2 amide bonds. The molecule has 0 saturated carbocycles. The molecule has 3 aromatic rings. The van der Waals surface area contributed by atoms with Gasteiger partial charge < -0.3 is 4.84 Å². The quantitative estimate of drug-likeness (QED) is 0.637. The Morgan fingerprint density at radius 1 is 0.714 bits per heavy atom. The number of nitrogens with zero attached hydrogens (tertiary/aromatic N) is 1. The van der Waals surface area contributed by atoms with E-state index in [1.807, 2.05) is 60.7 Å². The highest BCUT2D eigenvalue weighted by Crippen LogP contribution is 2.29. The van der Waals surface area contributed by atoms with Crippen molar-refractivity contribution >= 4 is 17.8 Å². The van der Waals surface area contributed by atoms with Crippen molar-refractivity contribution in [1.82, 2.24) is 5.06 Å². The fraction of sp³-hybridized carbons (Fsp3) is 0.0870. The minimum absolute atomic E-state index is 0.00142. The second-order valence-electron chi connectivity index (χ2n) is 6.49. The Morgan fingerprint density at radius 3 is 1.61 bits per heavy atom. The number of imide groups is 1. The summed E-state index contributed by atoms with van der Waals surface area (Å²) in [5.74, 6) is -2.13. The molecule has 28 heavy (non-hydrogen) atoms. The van der Waals surface area contributed by atoms with E-state index in [4.69, 9.17) is 4.84 Å². The average molecular weight is 371 g/mol. The highest BCUT2D eigenvalue weighted by Gasteiger charge is 2.38. The first-order valence-electron chi connectivity index (χ1n) is 8.93. The SMILES string of the molecule is O=C(CC(c1ccccc1)c1ccccc1)ON1C(=O)c2ccccc2C1=O. The van der Waals surface area contributed by atoms with Crippen LogP contribution in [0.1, 0.15) is 44.2 Å². The summed E-state index contributed by atoms with van der Waals surface area (Å²) >= 11 is 0. The second-order valence-corrected chi connectivity index (χ2v) is 6.49. The van der Waals surface area contributed by atoms with Gasteiger partial charge in [-0.15, -0.1) is 0 Å². The first-order chi connectivity index (χ1) is 13.6.